The lowest BCUT2D eigenvalue weighted by molar-refractivity contribution is -0.137. The Bertz CT molecular complexity index is 1480. The number of imide groups is 1. The molecule has 11 heteroatoms. The molecule has 39 heavy (non-hydrogen) atoms. The molecule has 1 aromatic carbocycles. The molecule has 2 amide bonds. The molecule has 6 rings (SSSR count). The van der Waals surface area contributed by atoms with E-state index in [1.165, 1.54) is 12.8 Å². The van der Waals surface area contributed by atoms with Gasteiger partial charge in [-0.1, -0.05) is 29.3 Å². The van der Waals surface area contributed by atoms with E-state index in [0.29, 0.717) is 37.3 Å². The number of rotatable bonds is 5. The lowest BCUT2D eigenvalue weighted by Gasteiger charge is -2.21. The van der Waals surface area contributed by atoms with Gasteiger partial charge in [0, 0.05) is 69.9 Å². The van der Waals surface area contributed by atoms with Crippen LogP contribution in [-0.4, -0.2) is 54.4 Å². The van der Waals surface area contributed by atoms with Crippen LogP contribution in [0.4, 0.5) is 0 Å². The maximum atomic E-state index is 11.8. The molecule has 204 valence electrons. The van der Waals surface area contributed by atoms with Crippen molar-refractivity contribution in [1.29, 1.82) is 0 Å². The average molecular weight is 634 g/mol. The van der Waals surface area contributed by atoms with E-state index in [2.05, 4.69) is 26.0 Å². The minimum Gasteiger partial charge on any atom is -0.480 e. The first kappa shape index (κ1) is 27.8. The van der Waals surface area contributed by atoms with Crippen molar-refractivity contribution in [2.75, 3.05) is 13.1 Å². The molecule has 4 heterocycles. The van der Waals surface area contributed by atoms with E-state index < -0.39 is 5.97 Å². The molecule has 0 saturated carbocycles. The zero-order chi connectivity index (χ0) is 27.7. The lowest BCUT2D eigenvalue weighted by atomic mass is 9.91. The highest BCUT2D eigenvalue weighted by molar-refractivity contribution is 9.08. The number of nitrogens with zero attached hydrogens (tertiary/aromatic N) is 4. The van der Waals surface area contributed by atoms with E-state index in [4.69, 9.17) is 23.2 Å². The SMILES string of the molecule is O=C(O)Cn1c(CN2CCCC2)c(-c2ccnc3c2CC=C(Cl)C3)c2cc(Cl)ccc21.O=C1CCC(=O)N1Br. The fourth-order valence-corrected chi connectivity index (χ4v) is 6.19. The molecule has 1 aliphatic carbocycles. The molecule has 0 radical (unpaired) electrons. The van der Waals surface area contributed by atoms with Gasteiger partial charge >= 0.3 is 5.97 Å². The monoisotopic (exact) mass is 632 g/mol. The predicted octanol–water partition coefficient (Wildman–Crippen LogP) is 5.70. The number of carbonyl (C=O) groups is 3. The summed E-state index contributed by atoms with van der Waals surface area (Å²) in [6.45, 7) is 2.69. The first-order valence-electron chi connectivity index (χ1n) is 12.8. The Hall–Kier alpha value is -2.72. The van der Waals surface area contributed by atoms with Crippen LogP contribution in [0.3, 0.4) is 0 Å². The van der Waals surface area contributed by atoms with E-state index in [0.717, 1.165) is 61.0 Å². The van der Waals surface area contributed by atoms with Crippen LogP contribution in [0.5, 0.6) is 0 Å². The van der Waals surface area contributed by atoms with Gasteiger partial charge in [0.2, 0.25) is 11.8 Å². The molecule has 2 fully saturated rings. The van der Waals surface area contributed by atoms with Gasteiger partial charge < -0.3 is 9.67 Å². The number of carboxylic acid groups (broad SMARTS) is 1. The summed E-state index contributed by atoms with van der Waals surface area (Å²) in [5, 5.41) is 12.1. The molecule has 1 N–H and O–H groups in total. The van der Waals surface area contributed by atoms with Crippen LogP contribution in [0.15, 0.2) is 41.6 Å². The molecule has 0 spiro atoms. The van der Waals surface area contributed by atoms with Crippen molar-refractivity contribution in [3.63, 3.8) is 0 Å². The normalized spacial score (nSPS) is 17.3. The van der Waals surface area contributed by atoms with Crippen molar-refractivity contribution in [2.24, 2.45) is 0 Å². The number of allylic oxidation sites excluding steroid dienone is 2. The van der Waals surface area contributed by atoms with Crippen molar-refractivity contribution in [1.82, 2.24) is 18.4 Å². The van der Waals surface area contributed by atoms with E-state index in [1.54, 1.807) is 0 Å². The summed E-state index contributed by atoms with van der Waals surface area (Å²) < 4.78 is 2.92. The Morgan fingerprint density at radius 3 is 2.44 bits per heavy atom. The lowest BCUT2D eigenvalue weighted by Crippen LogP contribution is -2.22. The predicted molar refractivity (Wildman–Crippen MR) is 154 cm³/mol. The minimum absolute atomic E-state index is 0.0830. The summed E-state index contributed by atoms with van der Waals surface area (Å²) in [6, 6.07) is 7.76. The molecule has 0 atom stereocenters. The number of fused-ring (bicyclic) bond motifs is 2. The number of carboxylic acids is 1. The van der Waals surface area contributed by atoms with Crippen LogP contribution in [0.2, 0.25) is 5.02 Å². The second kappa shape index (κ2) is 11.8. The Morgan fingerprint density at radius 2 is 1.79 bits per heavy atom. The Labute approximate surface area is 244 Å². The third kappa shape index (κ3) is 5.91. The largest absolute Gasteiger partial charge is 0.480 e. The summed E-state index contributed by atoms with van der Waals surface area (Å²) in [7, 11) is 0. The molecule has 0 bridgehead atoms. The highest BCUT2D eigenvalue weighted by Crippen LogP contribution is 2.41. The number of hydrogen-bond acceptors (Lipinski definition) is 5. The molecule has 3 aliphatic rings. The highest BCUT2D eigenvalue weighted by Gasteiger charge is 2.27. The first-order valence-corrected chi connectivity index (χ1v) is 14.3. The van der Waals surface area contributed by atoms with E-state index >= 15 is 0 Å². The average Bonchev–Trinajstić information content (AvgIpc) is 3.60. The number of hydrogen-bond donors (Lipinski definition) is 1. The number of aromatic nitrogens is 2. The van der Waals surface area contributed by atoms with Gasteiger partial charge in [-0.25, -0.2) is 3.93 Å². The second-order valence-corrected chi connectivity index (χ2v) is 11.5. The van der Waals surface area contributed by atoms with Gasteiger partial charge in [-0.2, -0.15) is 0 Å². The Morgan fingerprint density at radius 1 is 1.08 bits per heavy atom. The smallest absolute Gasteiger partial charge is 0.323 e. The fraction of sp³-hybridized carbons (Fsp3) is 0.357. The van der Waals surface area contributed by atoms with Crippen LogP contribution in [-0.2, 0) is 40.3 Å². The number of pyridine rings is 1. The van der Waals surface area contributed by atoms with Crippen LogP contribution < -0.4 is 0 Å². The quantitative estimate of drug-likeness (QED) is 0.286. The Balaban J connectivity index is 0.000000332. The first-order chi connectivity index (χ1) is 18.7. The summed E-state index contributed by atoms with van der Waals surface area (Å²) in [6.07, 6.45) is 8.26. The van der Waals surface area contributed by atoms with E-state index in [-0.39, 0.29) is 18.4 Å². The molecule has 8 nitrogen and oxygen atoms in total. The van der Waals surface area contributed by atoms with Crippen LogP contribution in [0.1, 0.15) is 42.6 Å². The van der Waals surface area contributed by atoms with Gasteiger partial charge in [-0.05, 0) is 67.7 Å². The van der Waals surface area contributed by atoms with Gasteiger partial charge in [-0.3, -0.25) is 24.3 Å². The number of likely N-dealkylation sites (tertiary alicyclic amines) is 1. The van der Waals surface area contributed by atoms with Gasteiger partial charge in [0.05, 0.1) is 16.1 Å². The highest BCUT2D eigenvalue weighted by atomic mass is 79.9. The van der Waals surface area contributed by atoms with Crippen molar-refractivity contribution in [3.05, 3.63) is 63.5 Å². The van der Waals surface area contributed by atoms with Crippen molar-refractivity contribution >= 4 is 68.0 Å². The van der Waals surface area contributed by atoms with E-state index in [9.17, 15) is 19.5 Å². The molecule has 3 aromatic rings. The van der Waals surface area contributed by atoms with E-state index in [1.807, 2.05) is 41.1 Å². The number of aliphatic carboxylic acids is 1. The molecule has 0 unspecified atom stereocenters. The minimum atomic E-state index is -0.854. The molecule has 2 saturated heterocycles. The van der Waals surface area contributed by atoms with Crippen molar-refractivity contribution in [2.45, 2.75) is 51.6 Å². The molecule has 2 aromatic heterocycles. The summed E-state index contributed by atoms with van der Waals surface area (Å²) in [4.78, 5) is 39.7. The maximum Gasteiger partial charge on any atom is 0.323 e. The fourth-order valence-electron chi connectivity index (χ4n) is 5.46. The molecular weight excluding hydrogens is 607 g/mol. The van der Waals surface area contributed by atoms with Gasteiger partial charge in [-0.15, -0.1) is 0 Å². The number of benzene rings is 1. The van der Waals surface area contributed by atoms with Gasteiger partial charge in [0.25, 0.3) is 0 Å². The number of carbonyl (C=O) groups excluding carboxylic acids is 2. The molecular formula is C28H27BrCl2N4O4. The van der Waals surface area contributed by atoms with Crippen LogP contribution in [0.25, 0.3) is 22.0 Å². The van der Waals surface area contributed by atoms with Crippen molar-refractivity contribution in [3.8, 4) is 11.1 Å². The maximum absolute atomic E-state index is 11.8. The number of amides is 2. The zero-order valence-corrected chi connectivity index (χ0v) is 24.2. The number of halogens is 3. The summed E-state index contributed by atoms with van der Waals surface area (Å²) >= 11 is 15.5. The van der Waals surface area contributed by atoms with Gasteiger partial charge in [0.15, 0.2) is 0 Å². The van der Waals surface area contributed by atoms with Gasteiger partial charge in [0.1, 0.15) is 6.54 Å². The van der Waals surface area contributed by atoms with Crippen LogP contribution in [0, 0.1) is 0 Å². The summed E-state index contributed by atoms with van der Waals surface area (Å²) in [5.74, 6) is -1.14. The third-order valence-electron chi connectivity index (χ3n) is 7.27. The standard InChI is InChI=1S/C24H23Cl2N3O2.C4H4BrNO2/c25-15-4-6-21-19(11-15)24(18-7-8-27-20-12-16(26)3-5-17(18)20)22(29(21)14-23(30)31)13-28-9-1-2-10-28;5-6-3(7)1-2-4(6)8/h3-4,6-8,11H,1-2,5,9-10,12-14H2,(H,30,31);1-2H2. The second-order valence-electron chi connectivity index (χ2n) is 9.83. The van der Waals surface area contributed by atoms with Crippen molar-refractivity contribution < 1.29 is 19.5 Å². The molecule has 2 aliphatic heterocycles. The third-order valence-corrected chi connectivity index (χ3v) is 8.58. The zero-order valence-electron chi connectivity index (χ0n) is 21.1. The Kier molecular flexibility index (Phi) is 8.42. The van der Waals surface area contributed by atoms with Crippen LogP contribution >= 0.6 is 39.3 Å². The topological polar surface area (TPSA) is 95.7 Å². The summed E-state index contributed by atoms with van der Waals surface area (Å²) in [5.41, 5.74) is 6.22.